The van der Waals surface area contributed by atoms with Crippen LogP contribution < -0.4 is 5.32 Å². The van der Waals surface area contributed by atoms with Gasteiger partial charge in [-0.1, -0.05) is 0 Å². The Balaban J connectivity index is 2.20. The molecule has 118 valence electrons. The fourth-order valence-corrected chi connectivity index (χ4v) is 2.30. The van der Waals surface area contributed by atoms with Crippen LogP contribution in [-0.2, 0) is 6.18 Å². The number of nitrogens with one attached hydrogen (secondary N) is 1. The molecule has 5 nitrogen and oxygen atoms in total. The van der Waals surface area contributed by atoms with Gasteiger partial charge in [-0.25, -0.2) is 0 Å². The van der Waals surface area contributed by atoms with Crippen LogP contribution in [0.3, 0.4) is 0 Å². The zero-order chi connectivity index (χ0) is 15.8. The summed E-state index contributed by atoms with van der Waals surface area (Å²) in [6.07, 6.45) is -1.80. The number of aromatic nitrogens is 2. The number of rotatable bonds is 4. The number of carbonyl (C=O) groups is 1. The van der Waals surface area contributed by atoms with Crippen LogP contribution in [0.25, 0.3) is 0 Å². The molecule has 1 amide bonds. The van der Waals surface area contributed by atoms with Gasteiger partial charge in [0, 0.05) is 12.6 Å². The first-order valence-corrected chi connectivity index (χ1v) is 6.79. The van der Waals surface area contributed by atoms with Gasteiger partial charge in [-0.15, -0.1) is 0 Å². The van der Waals surface area contributed by atoms with E-state index in [9.17, 15) is 23.1 Å². The van der Waals surface area contributed by atoms with E-state index in [0.29, 0.717) is 12.8 Å². The highest BCUT2D eigenvalue weighted by Gasteiger charge is 2.41. The second-order valence-electron chi connectivity index (χ2n) is 5.70. The molecule has 0 aromatic carbocycles. The lowest BCUT2D eigenvalue weighted by Gasteiger charge is -2.36. The molecule has 0 unspecified atom stereocenters. The Morgan fingerprint density at radius 3 is 2.57 bits per heavy atom. The topological polar surface area (TPSA) is 67.2 Å². The summed E-state index contributed by atoms with van der Waals surface area (Å²) >= 11 is 0. The summed E-state index contributed by atoms with van der Waals surface area (Å²) in [5.74, 6) is -0.866. The summed E-state index contributed by atoms with van der Waals surface area (Å²) in [5.41, 5.74) is -2.56. The van der Waals surface area contributed by atoms with E-state index in [0.717, 1.165) is 17.3 Å². The molecule has 0 bridgehead atoms. The molecule has 0 saturated heterocycles. The summed E-state index contributed by atoms with van der Waals surface area (Å²) in [6.45, 7) is 3.07. The predicted molar refractivity (Wildman–Crippen MR) is 68.7 cm³/mol. The number of amides is 1. The highest BCUT2D eigenvalue weighted by atomic mass is 19.4. The van der Waals surface area contributed by atoms with Crippen molar-refractivity contribution in [3.8, 4) is 0 Å². The van der Waals surface area contributed by atoms with E-state index in [4.69, 9.17) is 0 Å². The number of nitrogens with zero attached hydrogens (tertiary/aromatic N) is 2. The first-order chi connectivity index (χ1) is 9.64. The standard InChI is InChI=1S/C13H18F3N3O2/c1-8(2)19-10(13(14,15)16)9(6-18-19)11(20)17-7-12(21)4-3-5-12/h6,8,21H,3-5,7H2,1-2H3,(H,17,20). The smallest absolute Gasteiger partial charge is 0.388 e. The third-order valence-electron chi connectivity index (χ3n) is 3.66. The van der Waals surface area contributed by atoms with Gasteiger partial charge in [0.1, 0.15) is 0 Å². The Morgan fingerprint density at radius 2 is 2.14 bits per heavy atom. The van der Waals surface area contributed by atoms with Crippen molar-refractivity contribution >= 4 is 5.91 Å². The highest BCUT2D eigenvalue weighted by molar-refractivity contribution is 5.95. The Kier molecular flexibility index (Phi) is 4.01. The normalized spacial score (nSPS) is 17.7. The minimum atomic E-state index is -4.67. The molecule has 0 spiro atoms. The molecule has 0 radical (unpaired) electrons. The van der Waals surface area contributed by atoms with Crippen LogP contribution in [0, 0.1) is 0 Å². The first-order valence-electron chi connectivity index (χ1n) is 6.79. The van der Waals surface area contributed by atoms with Crippen molar-refractivity contribution in [2.75, 3.05) is 6.54 Å². The molecule has 8 heteroatoms. The van der Waals surface area contributed by atoms with Gasteiger partial charge in [-0.2, -0.15) is 18.3 Å². The third-order valence-corrected chi connectivity index (χ3v) is 3.66. The lowest BCUT2D eigenvalue weighted by atomic mass is 9.80. The second-order valence-corrected chi connectivity index (χ2v) is 5.70. The van der Waals surface area contributed by atoms with Gasteiger partial charge < -0.3 is 10.4 Å². The lowest BCUT2D eigenvalue weighted by molar-refractivity contribution is -0.145. The van der Waals surface area contributed by atoms with Crippen molar-refractivity contribution in [1.29, 1.82) is 0 Å². The van der Waals surface area contributed by atoms with Gasteiger partial charge in [-0.05, 0) is 33.1 Å². The molecule has 1 aromatic heterocycles. The SMILES string of the molecule is CC(C)n1ncc(C(=O)NCC2(O)CCC2)c1C(F)(F)F. The average Bonchev–Trinajstić information content (AvgIpc) is 2.78. The van der Waals surface area contributed by atoms with Crippen molar-refractivity contribution in [2.24, 2.45) is 0 Å². The van der Waals surface area contributed by atoms with Crippen molar-refractivity contribution in [3.05, 3.63) is 17.5 Å². The maximum absolute atomic E-state index is 13.1. The molecule has 21 heavy (non-hydrogen) atoms. The quantitative estimate of drug-likeness (QED) is 0.895. The van der Waals surface area contributed by atoms with Crippen molar-refractivity contribution in [2.45, 2.75) is 50.9 Å². The van der Waals surface area contributed by atoms with Crippen molar-refractivity contribution in [3.63, 3.8) is 0 Å². The number of hydrogen-bond donors (Lipinski definition) is 2. The Labute approximate surface area is 120 Å². The van der Waals surface area contributed by atoms with E-state index >= 15 is 0 Å². The van der Waals surface area contributed by atoms with Crippen LogP contribution in [0.15, 0.2) is 6.20 Å². The molecule has 0 aliphatic heterocycles. The highest BCUT2D eigenvalue weighted by Crippen LogP contribution is 2.34. The van der Waals surface area contributed by atoms with Crippen LogP contribution in [0.1, 0.15) is 55.2 Å². The van der Waals surface area contributed by atoms with Crippen molar-refractivity contribution in [1.82, 2.24) is 15.1 Å². The zero-order valence-electron chi connectivity index (χ0n) is 11.9. The van der Waals surface area contributed by atoms with Crippen molar-refractivity contribution < 1.29 is 23.1 Å². The number of alkyl halides is 3. The summed E-state index contributed by atoms with van der Waals surface area (Å²) in [4.78, 5) is 12.0. The molecule has 2 N–H and O–H groups in total. The van der Waals surface area contributed by atoms with E-state index in [1.807, 2.05) is 0 Å². The van der Waals surface area contributed by atoms with Gasteiger partial charge in [0.25, 0.3) is 5.91 Å². The number of halogens is 3. The van der Waals surface area contributed by atoms with Gasteiger partial charge in [0.15, 0.2) is 5.69 Å². The molecule has 1 fully saturated rings. The largest absolute Gasteiger partial charge is 0.433 e. The fourth-order valence-electron chi connectivity index (χ4n) is 2.30. The Hall–Kier alpha value is -1.57. The summed E-state index contributed by atoms with van der Waals surface area (Å²) < 4.78 is 40.2. The zero-order valence-corrected chi connectivity index (χ0v) is 11.9. The molecule has 1 aliphatic carbocycles. The van der Waals surface area contributed by atoms with Gasteiger partial charge in [0.2, 0.25) is 0 Å². The van der Waals surface area contributed by atoms with Crippen LogP contribution in [0.5, 0.6) is 0 Å². The molecular formula is C13H18F3N3O2. The van der Waals surface area contributed by atoms with E-state index < -0.39 is 35.0 Å². The average molecular weight is 305 g/mol. The molecule has 1 heterocycles. The Bertz CT molecular complexity index is 533. The molecular weight excluding hydrogens is 287 g/mol. The van der Waals surface area contributed by atoms with Gasteiger partial charge in [-0.3, -0.25) is 9.48 Å². The number of hydrogen-bond acceptors (Lipinski definition) is 3. The lowest BCUT2D eigenvalue weighted by Crippen LogP contribution is -2.48. The van der Waals surface area contributed by atoms with Gasteiger partial charge in [0.05, 0.1) is 17.4 Å². The van der Waals surface area contributed by atoms with Crippen LogP contribution in [0.2, 0.25) is 0 Å². The summed E-state index contributed by atoms with van der Waals surface area (Å²) in [6, 6.07) is -0.515. The molecule has 2 rings (SSSR count). The van der Waals surface area contributed by atoms with E-state index in [2.05, 4.69) is 10.4 Å². The molecule has 1 aromatic rings. The first kappa shape index (κ1) is 15.8. The maximum Gasteiger partial charge on any atom is 0.433 e. The number of aliphatic hydroxyl groups is 1. The fraction of sp³-hybridized carbons (Fsp3) is 0.692. The van der Waals surface area contributed by atoms with E-state index in [1.165, 1.54) is 0 Å². The predicted octanol–water partition coefficient (Wildman–Crippen LogP) is 2.13. The summed E-state index contributed by atoms with van der Waals surface area (Å²) in [7, 11) is 0. The number of carbonyl (C=O) groups excluding carboxylic acids is 1. The second kappa shape index (κ2) is 5.32. The van der Waals surface area contributed by atoms with Crippen LogP contribution in [0.4, 0.5) is 13.2 Å². The molecule has 1 saturated carbocycles. The summed E-state index contributed by atoms with van der Waals surface area (Å²) in [5, 5.41) is 15.9. The minimum absolute atomic E-state index is 0.0456. The molecule has 0 atom stereocenters. The van der Waals surface area contributed by atoms with Crippen LogP contribution in [-0.4, -0.2) is 32.9 Å². The monoisotopic (exact) mass is 305 g/mol. The Morgan fingerprint density at radius 1 is 1.52 bits per heavy atom. The van der Waals surface area contributed by atoms with Crippen LogP contribution >= 0.6 is 0 Å². The maximum atomic E-state index is 13.1. The third kappa shape index (κ3) is 3.20. The van der Waals surface area contributed by atoms with E-state index in [-0.39, 0.29) is 6.54 Å². The van der Waals surface area contributed by atoms with E-state index in [1.54, 1.807) is 13.8 Å². The molecule has 1 aliphatic rings. The van der Waals surface area contributed by atoms with Gasteiger partial charge >= 0.3 is 6.18 Å². The minimum Gasteiger partial charge on any atom is -0.388 e.